The lowest BCUT2D eigenvalue weighted by molar-refractivity contribution is -0.120. The van der Waals surface area contributed by atoms with E-state index in [9.17, 15) is 14.0 Å². The van der Waals surface area contributed by atoms with Crippen LogP contribution in [0, 0.1) is 11.7 Å². The van der Waals surface area contributed by atoms with Crippen molar-refractivity contribution in [3.05, 3.63) is 65.5 Å². The quantitative estimate of drug-likeness (QED) is 0.876. The van der Waals surface area contributed by atoms with Gasteiger partial charge in [-0.3, -0.25) is 9.59 Å². The van der Waals surface area contributed by atoms with Gasteiger partial charge in [0.15, 0.2) is 0 Å². The highest BCUT2D eigenvalue weighted by atomic mass is 19.1. The van der Waals surface area contributed by atoms with Crippen molar-refractivity contribution in [3.63, 3.8) is 0 Å². The maximum atomic E-state index is 13.8. The fourth-order valence-electron chi connectivity index (χ4n) is 2.39. The number of hydrogen-bond donors (Lipinski definition) is 2. The number of halogens is 1. The van der Waals surface area contributed by atoms with Gasteiger partial charge in [0.05, 0.1) is 11.5 Å². The Kier molecular flexibility index (Phi) is 5.88. The normalized spacial score (nSPS) is 13.0. The van der Waals surface area contributed by atoms with Crippen LogP contribution in [0.1, 0.15) is 28.9 Å². The van der Waals surface area contributed by atoms with Crippen molar-refractivity contribution in [1.82, 2.24) is 4.90 Å². The summed E-state index contributed by atoms with van der Waals surface area (Å²) in [7, 11) is 3.07. The molecule has 0 heterocycles. The summed E-state index contributed by atoms with van der Waals surface area (Å²) >= 11 is 0. The molecule has 0 spiro atoms. The number of carbonyl (C=O) groups is 2. The maximum absolute atomic E-state index is 13.8. The zero-order valence-electron chi connectivity index (χ0n) is 14.5. The molecule has 0 fully saturated rings. The number of nitrogens with two attached hydrogens (primary N) is 1. The molecule has 0 saturated carbocycles. The zero-order valence-corrected chi connectivity index (χ0v) is 14.5. The Morgan fingerprint density at radius 2 is 1.76 bits per heavy atom. The van der Waals surface area contributed by atoms with E-state index >= 15 is 0 Å². The van der Waals surface area contributed by atoms with Crippen molar-refractivity contribution in [3.8, 4) is 0 Å². The summed E-state index contributed by atoms with van der Waals surface area (Å²) < 4.78 is 13.8. The van der Waals surface area contributed by atoms with E-state index in [1.165, 1.54) is 31.1 Å². The summed E-state index contributed by atoms with van der Waals surface area (Å²) in [5.74, 6) is -1.90. The van der Waals surface area contributed by atoms with E-state index in [0.717, 1.165) is 11.6 Å². The minimum absolute atomic E-state index is 0.0946. The molecular formula is C19H22FN3O2. The Hall–Kier alpha value is -2.73. The fourth-order valence-corrected chi connectivity index (χ4v) is 2.39. The van der Waals surface area contributed by atoms with Crippen molar-refractivity contribution < 1.29 is 14.0 Å². The van der Waals surface area contributed by atoms with Gasteiger partial charge in [-0.05, 0) is 23.8 Å². The van der Waals surface area contributed by atoms with Crippen LogP contribution in [0.2, 0.25) is 0 Å². The first-order valence-electron chi connectivity index (χ1n) is 7.94. The monoisotopic (exact) mass is 343 g/mol. The van der Waals surface area contributed by atoms with Crippen molar-refractivity contribution in [1.29, 1.82) is 0 Å². The number of nitrogens with zero attached hydrogens (tertiary/aromatic N) is 1. The summed E-state index contributed by atoms with van der Waals surface area (Å²) in [6.07, 6.45) is 0. The number of carbonyl (C=O) groups excluding carboxylic acids is 2. The second kappa shape index (κ2) is 7.90. The molecule has 0 bridgehead atoms. The number of rotatable bonds is 5. The molecule has 2 aromatic rings. The van der Waals surface area contributed by atoms with E-state index in [2.05, 4.69) is 5.32 Å². The summed E-state index contributed by atoms with van der Waals surface area (Å²) in [6, 6.07) is 12.8. The van der Waals surface area contributed by atoms with E-state index in [1.807, 2.05) is 30.3 Å². The topological polar surface area (TPSA) is 75.4 Å². The van der Waals surface area contributed by atoms with Crippen molar-refractivity contribution in [2.24, 2.45) is 11.7 Å². The van der Waals surface area contributed by atoms with Crippen LogP contribution < -0.4 is 11.1 Å². The Bertz CT molecular complexity index is 763. The van der Waals surface area contributed by atoms with Crippen LogP contribution in [0.4, 0.5) is 10.1 Å². The third-order valence-corrected chi connectivity index (χ3v) is 4.01. The van der Waals surface area contributed by atoms with E-state index in [1.54, 1.807) is 6.92 Å². The van der Waals surface area contributed by atoms with Gasteiger partial charge < -0.3 is 16.0 Å². The molecule has 5 nitrogen and oxygen atoms in total. The maximum Gasteiger partial charge on any atom is 0.256 e. The van der Waals surface area contributed by atoms with Crippen molar-refractivity contribution in [2.45, 2.75) is 13.0 Å². The largest absolute Gasteiger partial charge is 0.345 e. The molecule has 0 aliphatic carbocycles. The van der Waals surface area contributed by atoms with Crippen LogP contribution in [-0.4, -0.2) is 30.8 Å². The van der Waals surface area contributed by atoms with Gasteiger partial charge in [0, 0.05) is 25.8 Å². The van der Waals surface area contributed by atoms with Crippen LogP contribution in [0.5, 0.6) is 0 Å². The third-order valence-electron chi connectivity index (χ3n) is 4.01. The molecule has 3 N–H and O–H groups in total. The third kappa shape index (κ3) is 4.42. The van der Waals surface area contributed by atoms with Crippen LogP contribution in [0.15, 0.2) is 48.5 Å². The van der Waals surface area contributed by atoms with Crippen LogP contribution in [0.3, 0.4) is 0 Å². The SMILES string of the molecule is CC(C(=O)Nc1ccc(F)c(C(=O)N(C)C)c1)C(N)c1ccccc1. The van der Waals surface area contributed by atoms with Gasteiger partial charge in [-0.15, -0.1) is 0 Å². The summed E-state index contributed by atoms with van der Waals surface area (Å²) in [5, 5.41) is 2.70. The highest BCUT2D eigenvalue weighted by Crippen LogP contribution is 2.22. The molecule has 2 atom stereocenters. The standard InChI is InChI=1S/C19H22FN3O2/c1-12(17(21)13-7-5-4-6-8-13)18(24)22-14-9-10-16(20)15(11-14)19(25)23(2)3/h4-12,17H,21H2,1-3H3,(H,22,24). The predicted molar refractivity (Wildman–Crippen MR) is 95.6 cm³/mol. The van der Waals surface area contributed by atoms with E-state index in [-0.39, 0.29) is 11.5 Å². The van der Waals surface area contributed by atoms with Gasteiger partial charge in [0.1, 0.15) is 5.82 Å². The fraction of sp³-hybridized carbons (Fsp3) is 0.263. The molecule has 0 aromatic heterocycles. The molecule has 2 amide bonds. The number of anilines is 1. The average Bonchev–Trinajstić information content (AvgIpc) is 2.62. The lowest BCUT2D eigenvalue weighted by Crippen LogP contribution is -2.30. The van der Waals surface area contributed by atoms with E-state index in [4.69, 9.17) is 5.73 Å². The van der Waals surface area contributed by atoms with Crippen LogP contribution in [-0.2, 0) is 4.79 Å². The first-order chi connectivity index (χ1) is 11.8. The summed E-state index contributed by atoms with van der Waals surface area (Å²) in [4.78, 5) is 25.7. The molecule has 132 valence electrons. The highest BCUT2D eigenvalue weighted by molar-refractivity contribution is 5.97. The van der Waals surface area contributed by atoms with Crippen LogP contribution >= 0.6 is 0 Å². The van der Waals surface area contributed by atoms with Gasteiger partial charge in [-0.1, -0.05) is 37.3 Å². The van der Waals surface area contributed by atoms with Crippen molar-refractivity contribution in [2.75, 3.05) is 19.4 Å². The van der Waals surface area contributed by atoms with Crippen LogP contribution in [0.25, 0.3) is 0 Å². The molecule has 25 heavy (non-hydrogen) atoms. The Labute approximate surface area is 146 Å². The number of amides is 2. The molecule has 2 unspecified atom stereocenters. The Balaban J connectivity index is 2.15. The van der Waals surface area contributed by atoms with Gasteiger partial charge in [-0.25, -0.2) is 4.39 Å². The number of hydrogen-bond acceptors (Lipinski definition) is 3. The van der Waals surface area contributed by atoms with Gasteiger partial charge in [-0.2, -0.15) is 0 Å². The smallest absolute Gasteiger partial charge is 0.256 e. The zero-order chi connectivity index (χ0) is 18.6. The molecule has 2 aromatic carbocycles. The van der Waals surface area contributed by atoms with Gasteiger partial charge in [0.2, 0.25) is 5.91 Å². The minimum atomic E-state index is -0.634. The number of benzene rings is 2. The molecule has 0 saturated heterocycles. The lowest BCUT2D eigenvalue weighted by Gasteiger charge is -2.20. The molecule has 2 rings (SSSR count). The van der Waals surface area contributed by atoms with Gasteiger partial charge >= 0.3 is 0 Å². The molecule has 0 radical (unpaired) electrons. The lowest BCUT2D eigenvalue weighted by atomic mass is 9.94. The first kappa shape index (κ1) is 18.6. The molecular weight excluding hydrogens is 321 g/mol. The summed E-state index contributed by atoms with van der Waals surface area (Å²) in [6.45, 7) is 1.72. The summed E-state index contributed by atoms with van der Waals surface area (Å²) in [5.41, 5.74) is 7.26. The molecule has 0 aliphatic heterocycles. The highest BCUT2D eigenvalue weighted by Gasteiger charge is 2.23. The van der Waals surface area contributed by atoms with Crippen molar-refractivity contribution >= 4 is 17.5 Å². The Morgan fingerprint density at radius 3 is 2.36 bits per heavy atom. The van der Waals surface area contributed by atoms with Gasteiger partial charge in [0.25, 0.3) is 5.91 Å². The average molecular weight is 343 g/mol. The van der Waals surface area contributed by atoms with E-state index < -0.39 is 23.7 Å². The van der Waals surface area contributed by atoms with E-state index in [0.29, 0.717) is 5.69 Å². The minimum Gasteiger partial charge on any atom is -0.345 e. The second-order valence-electron chi connectivity index (χ2n) is 6.11. The molecule has 6 heteroatoms. The molecule has 0 aliphatic rings. The second-order valence-corrected chi connectivity index (χ2v) is 6.11. The first-order valence-corrected chi connectivity index (χ1v) is 7.94. The number of nitrogens with one attached hydrogen (secondary N) is 1. The predicted octanol–water partition coefficient (Wildman–Crippen LogP) is 2.80. The Morgan fingerprint density at radius 1 is 1.12 bits per heavy atom.